The zero-order valence-electron chi connectivity index (χ0n) is 10.5. The molecule has 0 saturated carbocycles. The van der Waals surface area contributed by atoms with Gasteiger partial charge in [0, 0.05) is 30.6 Å². The van der Waals surface area contributed by atoms with E-state index in [2.05, 4.69) is 20.7 Å². The van der Waals surface area contributed by atoms with Crippen molar-refractivity contribution in [3.8, 4) is 0 Å². The molecule has 0 saturated heterocycles. The smallest absolute Gasteiger partial charge is 0.228 e. The Morgan fingerprint density at radius 1 is 1.37 bits per heavy atom. The predicted octanol–water partition coefficient (Wildman–Crippen LogP) is 1.52. The van der Waals surface area contributed by atoms with Gasteiger partial charge in [-0.25, -0.2) is 4.21 Å². The number of carbonyl (C=O) groups excluding carboxylic acids is 2. The van der Waals surface area contributed by atoms with Gasteiger partial charge in [-0.05, 0) is 40.0 Å². The largest absolute Gasteiger partial charge is 0.312 e. The van der Waals surface area contributed by atoms with Crippen molar-refractivity contribution in [3.05, 3.63) is 22.2 Å². The number of halogens is 1. The minimum Gasteiger partial charge on any atom is -0.312 e. The number of fused-ring (bicyclic) bond motifs is 1. The highest BCUT2D eigenvalue weighted by Gasteiger charge is 2.25. The highest BCUT2D eigenvalue weighted by molar-refractivity contribution is 9.10. The van der Waals surface area contributed by atoms with Gasteiger partial charge in [-0.15, -0.1) is 0 Å². The Balaban J connectivity index is 2.42. The summed E-state index contributed by atoms with van der Waals surface area (Å²) in [5.74, 6) is -0.411. The van der Waals surface area contributed by atoms with Crippen LogP contribution in [0.1, 0.15) is 19.4 Å². The first-order chi connectivity index (χ1) is 8.90. The summed E-state index contributed by atoms with van der Waals surface area (Å²) < 4.78 is 15.0. The van der Waals surface area contributed by atoms with Crippen LogP contribution in [0.25, 0.3) is 0 Å². The van der Waals surface area contributed by atoms with Gasteiger partial charge in [-0.2, -0.15) is 0 Å². The van der Waals surface area contributed by atoms with Gasteiger partial charge in [0.05, 0.1) is 4.90 Å². The summed E-state index contributed by atoms with van der Waals surface area (Å²) in [4.78, 5) is 24.6. The molecule has 0 aromatic heterocycles. The maximum atomic E-state index is 12.0. The molecule has 19 heavy (non-hydrogen) atoms. The molecule has 5 nitrogen and oxygen atoms in total. The van der Waals surface area contributed by atoms with Crippen LogP contribution in [0.2, 0.25) is 0 Å². The average molecular weight is 345 g/mol. The zero-order valence-corrected chi connectivity index (χ0v) is 12.9. The molecule has 0 radical (unpaired) electrons. The van der Waals surface area contributed by atoms with Crippen LogP contribution < -0.4 is 9.62 Å². The Labute approximate surface area is 122 Å². The third-order valence-electron chi connectivity index (χ3n) is 2.84. The molecule has 1 heterocycles. The number of hydrogen-bond acceptors (Lipinski definition) is 3. The molecule has 0 spiro atoms. The molecule has 1 atom stereocenters. The molecule has 102 valence electrons. The quantitative estimate of drug-likeness (QED) is 0.884. The van der Waals surface area contributed by atoms with E-state index in [-0.39, 0.29) is 11.8 Å². The molecule has 0 fully saturated rings. The molecule has 1 N–H and O–H groups in total. The molecular weight excluding hydrogens is 332 g/mol. The summed E-state index contributed by atoms with van der Waals surface area (Å²) in [5.41, 5.74) is 1.80. The minimum atomic E-state index is -1.63. The predicted molar refractivity (Wildman–Crippen MR) is 76.1 cm³/mol. The normalized spacial score (nSPS) is 15.0. The molecule has 2 rings (SSSR count). The average Bonchev–Trinajstić information content (AvgIpc) is 2.69. The lowest BCUT2D eigenvalue weighted by Gasteiger charge is -2.16. The molecule has 1 aromatic carbocycles. The van der Waals surface area contributed by atoms with Gasteiger partial charge >= 0.3 is 0 Å². The van der Waals surface area contributed by atoms with E-state index in [0.29, 0.717) is 15.9 Å². The lowest BCUT2D eigenvalue weighted by Crippen LogP contribution is -2.26. The minimum absolute atomic E-state index is 0.0441. The fourth-order valence-electron chi connectivity index (χ4n) is 2.04. The number of hydrogen-bond donors (Lipinski definition) is 1. The van der Waals surface area contributed by atoms with Gasteiger partial charge < -0.3 is 4.90 Å². The number of amides is 2. The first-order valence-electron chi connectivity index (χ1n) is 5.69. The molecule has 1 aliphatic rings. The fraction of sp³-hybridized carbons (Fsp3) is 0.333. The molecule has 1 aliphatic heterocycles. The Morgan fingerprint density at radius 3 is 2.63 bits per heavy atom. The topological polar surface area (TPSA) is 66.5 Å². The maximum absolute atomic E-state index is 12.0. The van der Waals surface area contributed by atoms with Crippen LogP contribution in [0.5, 0.6) is 0 Å². The van der Waals surface area contributed by atoms with Crippen LogP contribution in [0.3, 0.4) is 0 Å². The van der Waals surface area contributed by atoms with E-state index in [1.165, 1.54) is 13.8 Å². The lowest BCUT2D eigenvalue weighted by atomic mass is 10.2. The second-order valence-electron chi connectivity index (χ2n) is 4.26. The monoisotopic (exact) mass is 344 g/mol. The molecule has 1 unspecified atom stereocenters. The highest BCUT2D eigenvalue weighted by Crippen LogP contribution is 2.34. The second kappa shape index (κ2) is 5.42. The van der Waals surface area contributed by atoms with Gasteiger partial charge in [0.15, 0.2) is 11.0 Å². The van der Waals surface area contributed by atoms with Crippen LogP contribution in [0.15, 0.2) is 21.5 Å². The number of carbonyl (C=O) groups is 2. The van der Waals surface area contributed by atoms with Crippen molar-refractivity contribution in [1.29, 1.82) is 0 Å². The Hall–Kier alpha value is -1.21. The highest BCUT2D eigenvalue weighted by atomic mass is 79.9. The van der Waals surface area contributed by atoms with Crippen LogP contribution in [-0.4, -0.2) is 22.6 Å². The summed E-state index contributed by atoms with van der Waals surface area (Å²) in [5, 5.41) is 0. The van der Waals surface area contributed by atoms with Gasteiger partial charge in [-0.1, -0.05) is 0 Å². The summed E-state index contributed by atoms with van der Waals surface area (Å²) in [6.07, 6.45) is 0.778. The zero-order chi connectivity index (χ0) is 14.2. The van der Waals surface area contributed by atoms with Crippen molar-refractivity contribution in [2.45, 2.75) is 25.2 Å². The second-order valence-corrected chi connectivity index (χ2v) is 6.29. The molecule has 7 heteroatoms. The Kier molecular flexibility index (Phi) is 4.05. The van der Waals surface area contributed by atoms with E-state index in [1.807, 2.05) is 6.07 Å². The van der Waals surface area contributed by atoms with Crippen molar-refractivity contribution in [3.63, 3.8) is 0 Å². The maximum Gasteiger partial charge on any atom is 0.228 e. The number of anilines is 1. The van der Waals surface area contributed by atoms with Gasteiger partial charge in [0.2, 0.25) is 11.8 Å². The van der Waals surface area contributed by atoms with E-state index in [0.717, 1.165) is 17.7 Å². The van der Waals surface area contributed by atoms with Crippen LogP contribution in [0.4, 0.5) is 5.69 Å². The molecule has 0 aliphatic carbocycles. The number of nitrogens with one attached hydrogen (secondary N) is 1. The van der Waals surface area contributed by atoms with E-state index >= 15 is 0 Å². The molecular formula is C12H13BrN2O3S. The van der Waals surface area contributed by atoms with Gasteiger partial charge in [0.25, 0.3) is 0 Å². The Bertz CT molecular complexity index is 589. The first-order valence-corrected chi connectivity index (χ1v) is 7.64. The van der Waals surface area contributed by atoms with Crippen LogP contribution in [-0.2, 0) is 27.0 Å². The van der Waals surface area contributed by atoms with Crippen molar-refractivity contribution in [2.75, 3.05) is 11.4 Å². The molecule has 0 bridgehead atoms. The number of rotatable bonds is 2. The Morgan fingerprint density at radius 2 is 2.05 bits per heavy atom. The third-order valence-corrected chi connectivity index (χ3v) is 4.97. The van der Waals surface area contributed by atoms with Crippen LogP contribution >= 0.6 is 15.9 Å². The standard InChI is InChI=1S/C12H13BrN2O3S/c1-7(16)14-19(18)12-6-11-9(5-10(12)13)3-4-15(11)8(2)17/h5-6H,3-4H2,1-2H3,(H,14,16). The van der Waals surface area contributed by atoms with Crippen molar-refractivity contribution in [1.82, 2.24) is 4.72 Å². The molecule has 1 aromatic rings. The van der Waals surface area contributed by atoms with Crippen molar-refractivity contribution < 1.29 is 13.8 Å². The first kappa shape index (κ1) is 14.2. The summed E-state index contributed by atoms with van der Waals surface area (Å²) in [6, 6.07) is 3.55. The van der Waals surface area contributed by atoms with Gasteiger partial charge in [-0.3, -0.25) is 14.3 Å². The summed E-state index contributed by atoms with van der Waals surface area (Å²) in [6.45, 7) is 3.44. The van der Waals surface area contributed by atoms with E-state index in [1.54, 1.807) is 11.0 Å². The SMILES string of the molecule is CC(=O)NS(=O)c1cc2c(cc1Br)CCN2C(C)=O. The van der Waals surface area contributed by atoms with E-state index in [9.17, 15) is 13.8 Å². The number of nitrogens with zero attached hydrogens (tertiary/aromatic N) is 1. The number of benzene rings is 1. The summed E-state index contributed by atoms with van der Waals surface area (Å²) in [7, 11) is -1.63. The lowest BCUT2D eigenvalue weighted by molar-refractivity contribution is -0.117. The molecule has 2 amide bonds. The van der Waals surface area contributed by atoms with Crippen molar-refractivity contribution >= 4 is 44.4 Å². The summed E-state index contributed by atoms with van der Waals surface area (Å²) >= 11 is 3.35. The fourth-order valence-corrected chi connectivity index (χ4v) is 3.70. The van der Waals surface area contributed by atoms with Crippen LogP contribution in [0, 0.1) is 0 Å². The van der Waals surface area contributed by atoms with Gasteiger partial charge in [0.1, 0.15) is 0 Å². The third kappa shape index (κ3) is 2.87. The van der Waals surface area contributed by atoms with E-state index < -0.39 is 11.0 Å². The van der Waals surface area contributed by atoms with E-state index in [4.69, 9.17) is 0 Å². The van der Waals surface area contributed by atoms with Crippen molar-refractivity contribution in [2.24, 2.45) is 0 Å².